The quantitative estimate of drug-likeness (QED) is 0.614. The number of rotatable bonds is 2. The average molecular weight is 164 g/mol. The molecule has 1 aliphatic carbocycles. The lowest BCUT2D eigenvalue weighted by Crippen LogP contribution is -1.94. The van der Waals surface area contributed by atoms with Gasteiger partial charge in [-0.05, 0) is 24.8 Å². The van der Waals surface area contributed by atoms with Crippen molar-refractivity contribution in [3.63, 3.8) is 0 Å². The van der Waals surface area contributed by atoms with E-state index in [0.717, 1.165) is 19.1 Å². The lowest BCUT2D eigenvalue weighted by molar-refractivity contribution is 0.112. The topological polar surface area (TPSA) is 17.1 Å². The molecule has 1 aliphatic rings. The molecule has 2 rings (SSSR count). The number of hydrogen-bond donors (Lipinski definition) is 0. The average Bonchev–Trinajstić information content (AvgIpc) is 2.87. The van der Waals surface area contributed by atoms with Gasteiger partial charge in [-0.1, -0.05) is 12.1 Å². The summed E-state index contributed by atoms with van der Waals surface area (Å²) in [5.41, 5.74) is 1.13. The molecule has 0 spiro atoms. The monoisotopic (exact) mass is 164 g/mol. The summed E-state index contributed by atoms with van der Waals surface area (Å²) >= 11 is 0. The summed E-state index contributed by atoms with van der Waals surface area (Å²) in [6.07, 6.45) is 2.76. The fourth-order valence-corrected chi connectivity index (χ4v) is 1.46. The molecule has 1 aromatic rings. The van der Waals surface area contributed by atoms with Crippen molar-refractivity contribution >= 4 is 6.29 Å². The van der Waals surface area contributed by atoms with Gasteiger partial charge in [0.25, 0.3) is 0 Å². The van der Waals surface area contributed by atoms with Crippen molar-refractivity contribution in [1.82, 2.24) is 0 Å². The van der Waals surface area contributed by atoms with Crippen molar-refractivity contribution in [3.05, 3.63) is 35.1 Å². The number of carbonyl (C=O) groups excluding carboxylic acids is 1. The van der Waals surface area contributed by atoms with E-state index in [-0.39, 0.29) is 5.82 Å². The third kappa shape index (κ3) is 1.13. The molecular formula is C10H9FO. The Morgan fingerprint density at radius 2 is 2.17 bits per heavy atom. The predicted molar refractivity (Wildman–Crippen MR) is 43.8 cm³/mol. The second-order valence-corrected chi connectivity index (χ2v) is 3.13. The highest BCUT2D eigenvalue weighted by atomic mass is 19.1. The Hall–Kier alpha value is -1.18. The van der Waals surface area contributed by atoms with Crippen LogP contribution in [0.4, 0.5) is 4.39 Å². The SMILES string of the molecule is O=Cc1cccc(F)c1C1CC1. The molecule has 0 atom stereocenters. The zero-order valence-electron chi connectivity index (χ0n) is 6.59. The molecule has 1 fully saturated rings. The molecular weight excluding hydrogens is 155 g/mol. The Morgan fingerprint density at radius 3 is 2.75 bits per heavy atom. The van der Waals surface area contributed by atoms with Gasteiger partial charge in [0.1, 0.15) is 12.1 Å². The van der Waals surface area contributed by atoms with E-state index in [1.165, 1.54) is 6.07 Å². The zero-order chi connectivity index (χ0) is 8.55. The van der Waals surface area contributed by atoms with Gasteiger partial charge in [0, 0.05) is 11.1 Å². The van der Waals surface area contributed by atoms with Crippen LogP contribution in [0, 0.1) is 5.82 Å². The number of hydrogen-bond acceptors (Lipinski definition) is 1. The molecule has 0 radical (unpaired) electrons. The van der Waals surface area contributed by atoms with Crippen LogP contribution < -0.4 is 0 Å². The Balaban J connectivity index is 2.52. The third-order valence-corrected chi connectivity index (χ3v) is 2.20. The molecule has 0 amide bonds. The molecule has 12 heavy (non-hydrogen) atoms. The summed E-state index contributed by atoms with van der Waals surface area (Å²) in [5.74, 6) is 0.0634. The van der Waals surface area contributed by atoms with Crippen molar-refractivity contribution in [2.45, 2.75) is 18.8 Å². The Labute approximate surface area is 70.2 Å². The lowest BCUT2D eigenvalue weighted by atomic mass is 10.0. The number of carbonyl (C=O) groups is 1. The first-order chi connectivity index (χ1) is 5.83. The van der Waals surface area contributed by atoms with Crippen LogP contribution in [0.3, 0.4) is 0 Å². The molecule has 2 heteroatoms. The fraction of sp³-hybridized carbons (Fsp3) is 0.300. The maximum absolute atomic E-state index is 13.2. The van der Waals surface area contributed by atoms with Gasteiger partial charge in [0.2, 0.25) is 0 Å². The number of aldehydes is 1. The van der Waals surface area contributed by atoms with Gasteiger partial charge < -0.3 is 0 Å². The predicted octanol–water partition coefficient (Wildman–Crippen LogP) is 2.52. The van der Waals surface area contributed by atoms with E-state index < -0.39 is 0 Å². The van der Waals surface area contributed by atoms with Crippen LogP contribution in [0.15, 0.2) is 18.2 Å². The van der Waals surface area contributed by atoms with Crippen LogP contribution in [0.25, 0.3) is 0 Å². The maximum Gasteiger partial charge on any atom is 0.150 e. The van der Waals surface area contributed by atoms with Crippen molar-refractivity contribution in [2.24, 2.45) is 0 Å². The van der Waals surface area contributed by atoms with Gasteiger partial charge in [-0.15, -0.1) is 0 Å². The second kappa shape index (κ2) is 2.70. The summed E-state index contributed by atoms with van der Waals surface area (Å²) in [4.78, 5) is 10.5. The molecule has 62 valence electrons. The molecule has 0 unspecified atom stereocenters. The Morgan fingerprint density at radius 1 is 1.42 bits per heavy atom. The molecule has 1 aromatic carbocycles. The van der Waals surface area contributed by atoms with Gasteiger partial charge in [0.15, 0.2) is 0 Å². The molecule has 1 saturated carbocycles. The summed E-state index contributed by atoms with van der Waals surface area (Å²) in [6, 6.07) is 4.66. The first kappa shape index (κ1) is 7.47. The van der Waals surface area contributed by atoms with Gasteiger partial charge in [-0.25, -0.2) is 4.39 Å². The van der Waals surface area contributed by atoms with Gasteiger partial charge >= 0.3 is 0 Å². The minimum absolute atomic E-state index is 0.234. The summed E-state index contributed by atoms with van der Waals surface area (Å²) in [7, 11) is 0. The summed E-state index contributed by atoms with van der Waals surface area (Å²) in [5, 5.41) is 0. The molecule has 1 nitrogen and oxygen atoms in total. The number of benzene rings is 1. The van der Waals surface area contributed by atoms with Gasteiger partial charge in [-0.3, -0.25) is 4.79 Å². The fourth-order valence-electron chi connectivity index (χ4n) is 1.46. The van der Waals surface area contributed by atoms with E-state index >= 15 is 0 Å². The van der Waals surface area contributed by atoms with E-state index in [1.54, 1.807) is 12.1 Å². The van der Waals surface area contributed by atoms with Crippen LogP contribution in [-0.2, 0) is 0 Å². The normalized spacial score (nSPS) is 16.1. The second-order valence-electron chi connectivity index (χ2n) is 3.13. The van der Waals surface area contributed by atoms with E-state index in [9.17, 15) is 9.18 Å². The zero-order valence-corrected chi connectivity index (χ0v) is 6.59. The van der Waals surface area contributed by atoms with Crippen LogP contribution in [0.5, 0.6) is 0 Å². The number of halogens is 1. The van der Waals surface area contributed by atoms with Gasteiger partial charge in [-0.2, -0.15) is 0 Å². The van der Waals surface area contributed by atoms with Crippen molar-refractivity contribution in [3.8, 4) is 0 Å². The molecule has 0 aromatic heterocycles. The van der Waals surface area contributed by atoms with Crippen molar-refractivity contribution < 1.29 is 9.18 Å². The van der Waals surface area contributed by atoms with Gasteiger partial charge in [0.05, 0.1) is 0 Å². The molecule has 0 heterocycles. The van der Waals surface area contributed by atoms with Crippen LogP contribution in [-0.4, -0.2) is 6.29 Å². The Kier molecular flexibility index (Phi) is 1.68. The summed E-state index contributed by atoms with van der Waals surface area (Å²) < 4.78 is 13.2. The molecule has 0 N–H and O–H groups in total. The largest absolute Gasteiger partial charge is 0.298 e. The third-order valence-electron chi connectivity index (χ3n) is 2.20. The molecule has 0 bridgehead atoms. The Bertz CT molecular complexity index is 316. The standard InChI is InChI=1S/C10H9FO/c11-9-3-1-2-8(6-12)10(9)7-4-5-7/h1-3,6-7H,4-5H2. The molecule has 0 aliphatic heterocycles. The van der Waals surface area contributed by atoms with E-state index in [1.807, 2.05) is 0 Å². The minimum Gasteiger partial charge on any atom is -0.298 e. The van der Waals surface area contributed by atoms with E-state index in [0.29, 0.717) is 17.0 Å². The molecule has 0 saturated heterocycles. The van der Waals surface area contributed by atoms with Crippen molar-refractivity contribution in [2.75, 3.05) is 0 Å². The van der Waals surface area contributed by atoms with Crippen LogP contribution in [0.1, 0.15) is 34.7 Å². The highest BCUT2D eigenvalue weighted by Crippen LogP contribution is 2.42. The van der Waals surface area contributed by atoms with Crippen LogP contribution >= 0.6 is 0 Å². The lowest BCUT2D eigenvalue weighted by Gasteiger charge is -2.02. The highest BCUT2D eigenvalue weighted by molar-refractivity contribution is 5.78. The van der Waals surface area contributed by atoms with E-state index in [4.69, 9.17) is 0 Å². The smallest absolute Gasteiger partial charge is 0.150 e. The highest BCUT2D eigenvalue weighted by Gasteiger charge is 2.28. The summed E-state index contributed by atoms with van der Waals surface area (Å²) in [6.45, 7) is 0. The van der Waals surface area contributed by atoms with E-state index in [2.05, 4.69) is 0 Å². The minimum atomic E-state index is -0.234. The maximum atomic E-state index is 13.2. The first-order valence-corrected chi connectivity index (χ1v) is 4.06. The van der Waals surface area contributed by atoms with Crippen LogP contribution in [0.2, 0.25) is 0 Å². The van der Waals surface area contributed by atoms with Crippen molar-refractivity contribution in [1.29, 1.82) is 0 Å². The first-order valence-electron chi connectivity index (χ1n) is 4.06.